The van der Waals surface area contributed by atoms with E-state index in [-0.39, 0.29) is 13.2 Å². The van der Waals surface area contributed by atoms with Crippen LogP contribution in [0.5, 0.6) is 5.75 Å². The number of Topliss-reactive ketones (excluding diaryl/α,β-unsaturated/α-hetero) is 1. The molecule has 1 amide bonds. The van der Waals surface area contributed by atoms with Crippen LogP contribution in [0.3, 0.4) is 0 Å². The van der Waals surface area contributed by atoms with Gasteiger partial charge < -0.3 is 14.4 Å². The van der Waals surface area contributed by atoms with Gasteiger partial charge in [0.05, 0.1) is 36.0 Å². The van der Waals surface area contributed by atoms with Gasteiger partial charge in [0.1, 0.15) is 5.75 Å². The molecule has 0 saturated heterocycles. The minimum Gasteiger partial charge on any atom is -0.497 e. The molecule has 0 fully saturated rings. The number of carbonyl (C=O) groups is 3. The number of hydrogen-bond donors (Lipinski definition) is 0. The standard InChI is InChI=1S/C20H15BrF3NO5/c1-3-30-20(28)12-18(26)11-14(22)15(23)13(21)16(24)17(11)25(19(12)27)8-9-4-6-10(29-2)7-5-9/h4-7,12H,3,8H2,1-2H3. The Hall–Kier alpha value is -2.88. The Bertz CT molecular complexity index is 1040. The summed E-state index contributed by atoms with van der Waals surface area (Å²) in [4.78, 5) is 38.7. The zero-order valence-electron chi connectivity index (χ0n) is 15.8. The summed E-state index contributed by atoms with van der Waals surface area (Å²) in [7, 11) is 1.46. The van der Waals surface area contributed by atoms with Crippen LogP contribution < -0.4 is 9.64 Å². The third kappa shape index (κ3) is 3.55. The Morgan fingerprint density at radius 1 is 1.10 bits per heavy atom. The molecule has 2 aromatic carbocycles. The molecule has 0 saturated carbocycles. The summed E-state index contributed by atoms with van der Waals surface area (Å²) in [6, 6.07) is 6.29. The van der Waals surface area contributed by atoms with Gasteiger partial charge in [-0.2, -0.15) is 0 Å². The largest absolute Gasteiger partial charge is 0.497 e. The van der Waals surface area contributed by atoms with E-state index in [9.17, 15) is 27.6 Å². The van der Waals surface area contributed by atoms with Gasteiger partial charge in [-0.25, -0.2) is 13.2 Å². The minimum atomic E-state index is -2.06. The predicted octanol–water partition coefficient (Wildman–Crippen LogP) is 3.78. The first-order valence-electron chi connectivity index (χ1n) is 8.73. The summed E-state index contributed by atoms with van der Waals surface area (Å²) in [6.45, 7) is 0.996. The van der Waals surface area contributed by atoms with Gasteiger partial charge in [0.25, 0.3) is 0 Å². The SMILES string of the molecule is CCOC(=O)C1C(=O)c2c(F)c(F)c(Br)c(F)c2N(Cc2ccc(OC)cc2)C1=O. The highest BCUT2D eigenvalue weighted by molar-refractivity contribution is 9.10. The molecule has 0 spiro atoms. The van der Waals surface area contributed by atoms with Gasteiger partial charge in [0, 0.05) is 0 Å². The molecule has 1 unspecified atom stereocenters. The lowest BCUT2D eigenvalue weighted by Gasteiger charge is -2.33. The molecule has 6 nitrogen and oxygen atoms in total. The van der Waals surface area contributed by atoms with Gasteiger partial charge >= 0.3 is 5.97 Å². The summed E-state index contributed by atoms with van der Waals surface area (Å²) in [6.07, 6.45) is 0. The van der Waals surface area contributed by atoms with Crippen LogP contribution >= 0.6 is 15.9 Å². The van der Waals surface area contributed by atoms with Crippen LogP contribution in [0.2, 0.25) is 0 Å². The number of ketones is 1. The van der Waals surface area contributed by atoms with Gasteiger partial charge in [-0.15, -0.1) is 0 Å². The van der Waals surface area contributed by atoms with E-state index in [0.29, 0.717) is 11.3 Å². The lowest BCUT2D eigenvalue weighted by Crippen LogP contribution is -2.49. The number of amides is 1. The van der Waals surface area contributed by atoms with Crippen molar-refractivity contribution < 1.29 is 37.0 Å². The molecule has 0 N–H and O–H groups in total. The average molecular weight is 486 g/mol. The van der Waals surface area contributed by atoms with E-state index in [1.807, 2.05) is 0 Å². The lowest BCUT2D eigenvalue weighted by molar-refractivity contribution is -0.149. The first-order chi connectivity index (χ1) is 14.2. The van der Waals surface area contributed by atoms with E-state index in [4.69, 9.17) is 9.47 Å². The number of esters is 1. The van der Waals surface area contributed by atoms with Crippen molar-refractivity contribution in [3.63, 3.8) is 0 Å². The maximum Gasteiger partial charge on any atom is 0.326 e. The van der Waals surface area contributed by atoms with E-state index in [0.717, 1.165) is 4.90 Å². The molecule has 10 heteroatoms. The van der Waals surface area contributed by atoms with Gasteiger partial charge in [0.15, 0.2) is 29.2 Å². The molecule has 0 aliphatic carbocycles. The molecule has 0 bridgehead atoms. The Morgan fingerprint density at radius 2 is 1.73 bits per heavy atom. The van der Waals surface area contributed by atoms with E-state index >= 15 is 0 Å². The fourth-order valence-electron chi connectivity index (χ4n) is 3.12. The quantitative estimate of drug-likeness (QED) is 0.279. The number of methoxy groups -OCH3 is 1. The summed E-state index contributed by atoms with van der Waals surface area (Å²) < 4.78 is 52.6. The number of benzene rings is 2. The number of fused-ring (bicyclic) bond motifs is 1. The monoisotopic (exact) mass is 485 g/mol. The summed E-state index contributed by atoms with van der Waals surface area (Å²) in [5.74, 6) is -9.86. The van der Waals surface area contributed by atoms with Gasteiger partial charge in [-0.3, -0.25) is 14.4 Å². The summed E-state index contributed by atoms with van der Waals surface area (Å²) in [5, 5.41) is 0. The van der Waals surface area contributed by atoms with Crippen LogP contribution in [-0.4, -0.2) is 31.4 Å². The Kier molecular flexibility index (Phi) is 6.16. The molecule has 158 valence electrons. The molecule has 0 aromatic heterocycles. The first-order valence-corrected chi connectivity index (χ1v) is 9.53. The zero-order chi connectivity index (χ0) is 22.2. The van der Waals surface area contributed by atoms with E-state index < -0.39 is 56.8 Å². The number of ether oxygens (including phenoxy) is 2. The molecule has 1 heterocycles. The molecular weight excluding hydrogens is 471 g/mol. The van der Waals surface area contributed by atoms with Crippen molar-refractivity contribution in [1.82, 2.24) is 0 Å². The lowest BCUT2D eigenvalue weighted by atomic mass is 9.89. The number of nitrogens with zero attached hydrogens (tertiary/aromatic N) is 1. The summed E-state index contributed by atoms with van der Waals surface area (Å²) in [5.41, 5.74) is -1.29. The van der Waals surface area contributed by atoms with Crippen molar-refractivity contribution in [3.8, 4) is 5.75 Å². The van der Waals surface area contributed by atoms with Gasteiger partial charge in [-0.05, 0) is 40.5 Å². The number of anilines is 1. The number of rotatable bonds is 5. The second kappa shape index (κ2) is 8.47. The van der Waals surface area contributed by atoms with E-state index in [1.165, 1.54) is 14.0 Å². The van der Waals surface area contributed by atoms with Crippen LogP contribution in [-0.2, 0) is 20.9 Å². The van der Waals surface area contributed by atoms with Crippen molar-refractivity contribution in [2.24, 2.45) is 5.92 Å². The smallest absolute Gasteiger partial charge is 0.326 e. The molecule has 30 heavy (non-hydrogen) atoms. The first kappa shape index (κ1) is 21.8. The zero-order valence-corrected chi connectivity index (χ0v) is 17.4. The Morgan fingerprint density at radius 3 is 2.30 bits per heavy atom. The van der Waals surface area contributed by atoms with Crippen molar-refractivity contribution in [3.05, 3.63) is 57.3 Å². The fraction of sp³-hybridized carbons (Fsp3) is 0.250. The Balaban J connectivity index is 2.19. The highest BCUT2D eigenvalue weighted by Crippen LogP contribution is 2.41. The predicted molar refractivity (Wildman–Crippen MR) is 103 cm³/mol. The van der Waals surface area contributed by atoms with Crippen molar-refractivity contribution in [1.29, 1.82) is 0 Å². The van der Waals surface area contributed by atoms with Crippen LogP contribution in [0.15, 0.2) is 28.7 Å². The number of hydrogen-bond acceptors (Lipinski definition) is 5. The molecular formula is C20H15BrF3NO5. The van der Waals surface area contributed by atoms with Crippen LogP contribution in [0.25, 0.3) is 0 Å². The molecule has 1 aliphatic rings. The average Bonchev–Trinajstić information content (AvgIpc) is 2.73. The topological polar surface area (TPSA) is 72.9 Å². The van der Waals surface area contributed by atoms with Crippen molar-refractivity contribution in [2.75, 3.05) is 18.6 Å². The van der Waals surface area contributed by atoms with Crippen molar-refractivity contribution >= 4 is 39.3 Å². The third-order valence-corrected chi connectivity index (χ3v) is 5.25. The second-order valence-electron chi connectivity index (χ2n) is 6.30. The maximum absolute atomic E-state index is 14.9. The minimum absolute atomic E-state index is 0.146. The molecule has 0 radical (unpaired) electrons. The second-order valence-corrected chi connectivity index (χ2v) is 7.09. The highest BCUT2D eigenvalue weighted by atomic mass is 79.9. The highest BCUT2D eigenvalue weighted by Gasteiger charge is 2.49. The van der Waals surface area contributed by atoms with Crippen LogP contribution in [0.4, 0.5) is 18.9 Å². The fourth-order valence-corrected chi connectivity index (χ4v) is 3.49. The van der Waals surface area contributed by atoms with Crippen LogP contribution in [0, 0.1) is 23.4 Å². The van der Waals surface area contributed by atoms with E-state index in [2.05, 4.69) is 15.9 Å². The van der Waals surface area contributed by atoms with Crippen LogP contribution in [0.1, 0.15) is 22.8 Å². The third-order valence-electron chi connectivity index (χ3n) is 4.56. The Labute approximate surface area is 177 Å². The normalized spacial score (nSPS) is 15.8. The number of halogens is 4. The van der Waals surface area contributed by atoms with Gasteiger partial charge in [-0.1, -0.05) is 12.1 Å². The van der Waals surface area contributed by atoms with Gasteiger partial charge in [0.2, 0.25) is 5.91 Å². The molecule has 3 rings (SSSR count). The van der Waals surface area contributed by atoms with E-state index in [1.54, 1.807) is 24.3 Å². The molecule has 1 atom stereocenters. The maximum atomic E-state index is 14.9. The molecule has 2 aromatic rings. The van der Waals surface area contributed by atoms with Crippen molar-refractivity contribution in [2.45, 2.75) is 13.5 Å². The molecule has 1 aliphatic heterocycles. The number of carbonyl (C=O) groups excluding carboxylic acids is 3. The summed E-state index contributed by atoms with van der Waals surface area (Å²) >= 11 is 2.60.